The molecule has 0 saturated carbocycles. The van der Waals surface area contributed by atoms with Crippen LogP contribution in [0.2, 0.25) is 0 Å². The lowest BCUT2D eigenvalue weighted by molar-refractivity contribution is -0.0102. The first-order chi connectivity index (χ1) is 9.78. The zero-order valence-corrected chi connectivity index (χ0v) is 12.0. The molecule has 1 unspecified atom stereocenters. The molecule has 1 saturated heterocycles. The Morgan fingerprint density at radius 1 is 1.35 bits per heavy atom. The van der Waals surface area contributed by atoms with Crippen molar-refractivity contribution >= 4 is 11.8 Å². The van der Waals surface area contributed by atoms with Crippen molar-refractivity contribution in [3.8, 4) is 0 Å². The number of fused-ring (bicyclic) bond motifs is 1. The van der Waals surface area contributed by atoms with E-state index in [-0.39, 0.29) is 6.10 Å². The van der Waals surface area contributed by atoms with Crippen LogP contribution >= 0.6 is 0 Å². The Bertz CT molecular complexity index is 478. The number of hydrogen-bond acceptors (Lipinski definition) is 6. The summed E-state index contributed by atoms with van der Waals surface area (Å²) >= 11 is 0. The molecule has 0 aromatic carbocycles. The minimum atomic E-state index is 0.101. The fourth-order valence-corrected chi connectivity index (χ4v) is 3.05. The van der Waals surface area contributed by atoms with Crippen molar-refractivity contribution in [3.05, 3.63) is 11.3 Å². The van der Waals surface area contributed by atoms with Crippen molar-refractivity contribution in [2.24, 2.45) is 0 Å². The SMILES string of the molecule is COCC1CN(c2nc(N)nc3c2CCCC3)CCO1. The molecule has 2 aliphatic rings. The van der Waals surface area contributed by atoms with Gasteiger partial charge in [-0.15, -0.1) is 0 Å². The zero-order valence-electron chi connectivity index (χ0n) is 12.0. The maximum atomic E-state index is 5.88. The molecule has 1 aromatic rings. The fourth-order valence-electron chi connectivity index (χ4n) is 3.05. The molecule has 6 heteroatoms. The topological polar surface area (TPSA) is 73.5 Å². The molecule has 0 radical (unpaired) electrons. The van der Waals surface area contributed by atoms with E-state index >= 15 is 0 Å². The third kappa shape index (κ3) is 2.71. The molecule has 6 nitrogen and oxygen atoms in total. The number of hydrogen-bond donors (Lipinski definition) is 1. The van der Waals surface area contributed by atoms with Crippen LogP contribution in [-0.4, -0.2) is 49.5 Å². The average Bonchev–Trinajstić information content (AvgIpc) is 2.47. The predicted molar refractivity (Wildman–Crippen MR) is 76.9 cm³/mol. The summed E-state index contributed by atoms with van der Waals surface area (Å²) in [4.78, 5) is 11.2. The van der Waals surface area contributed by atoms with E-state index in [0.717, 1.165) is 37.4 Å². The Morgan fingerprint density at radius 3 is 3.05 bits per heavy atom. The molecule has 1 fully saturated rings. The third-order valence-corrected chi connectivity index (χ3v) is 3.97. The maximum absolute atomic E-state index is 5.88. The lowest BCUT2D eigenvalue weighted by atomic mass is 9.96. The summed E-state index contributed by atoms with van der Waals surface area (Å²) in [6.07, 6.45) is 4.57. The Hall–Kier alpha value is -1.40. The molecule has 1 atom stereocenters. The number of nitrogens with two attached hydrogens (primary N) is 1. The van der Waals surface area contributed by atoms with Gasteiger partial charge >= 0.3 is 0 Å². The highest BCUT2D eigenvalue weighted by atomic mass is 16.5. The van der Waals surface area contributed by atoms with Gasteiger partial charge in [0, 0.05) is 25.8 Å². The molecule has 20 heavy (non-hydrogen) atoms. The number of anilines is 2. The number of nitrogen functional groups attached to an aromatic ring is 1. The molecule has 1 aromatic heterocycles. The van der Waals surface area contributed by atoms with Crippen LogP contribution in [0.1, 0.15) is 24.1 Å². The third-order valence-electron chi connectivity index (χ3n) is 3.97. The highest BCUT2D eigenvalue weighted by molar-refractivity contribution is 5.53. The summed E-state index contributed by atoms with van der Waals surface area (Å²) in [7, 11) is 1.70. The van der Waals surface area contributed by atoms with Gasteiger partial charge in [0.25, 0.3) is 0 Å². The monoisotopic (exact) mass is 278 g/mol. The van der Waals surface area contributed by atoms with E-state index in [4.69, 9.17) is 15.2 Å². The second-order valence-electron chi connectivity index (χ2n) is 5.43. The number of rotatable bonds is 3. The van der Waals surface area contributed by atoms with Crippen molar-refractivity contribution in [3.63, 3.8) is 0 Å². The fraction of sp³-hybridized carbons (Fsp3) is 0.714. The van der Waals surface area contributed by atoms with E-state index in [2.05, 4.69) is 14.9 Å². The Morgan fingerprint density at radius 2 is 2.20 bits per heavy atom. The van der Waals surface area contributed by atoms with E-state index in [9.17, 15) is 0 Å². The van der Waals surface area contributed by atoms with Crippen LogP contribution in [-0.2, 0) is 22.3 Å². The van der Waals surface area contributed by atoms with Crippen LogP contribution < -0.4 is 10.6 Å². The highest BCUT2D eigenvalue weighted by Gasteiger charge is 2.26. The van der Waals surface area contributed by atoms with Crippen LogP contribution in [0.3, 0.4) is 0 Å². The summed E-state index contributed by atoms with van der Waals surface area (Å²) in [5.41, 5.74) is 8.29. The molecular formula is C14H22N4O2. The highest BCUT2D eigenvalue weighted by Crippen LogP contribution is 2.29. The molecule has 0 amide bonds. The van der Waals surface area contributed by atoms with Gasteiger partial charge in [-0.25, -0.2) is 4.98 Å². The number of methoxy groups -OCH3 is 1. The summed E-state index contributed by atoms with van der Waals surface area (Å²) in [5.74, 6) is 1.40. The minimum absolute atomic E-state index is 0.101. The van der Waals surface area contributed by atoms with Crippen molar-refractivity contribution in [1.82, 2.24) is 9.97 Å². The van der Waals surface area contributed by atoms with Gasteiger partial charge in [-0.1, -0.05) is 0 Å². The second kappa shape index (κ2) is 5.93. The predicted octanol–water partition coefficient (Wildman–Crippen LogP) is 0.789. The molecule has 2 heterocycles. The van der Waals surface area contributed by atoms with E-state index < -0.39 is 0 Å². The minimum Gasteiger partial charge on any atom is -0.382 e. The quantitative estimate of drug-likeness (QED) is 0.881. The normalized spacial score (nSPS) is 22.6. The van der Waals surface area contributed by atoms with Gasteiger partial charge < -0.3 is 20.1 Å². The smallest absolute Gasteiger partial charge is 0.222 e. The lowest BCUT2D eigenvalue weighted by Crippen LogP contribution is -2.45. The standard InChI is InChI=1S/C14H22N4O2/c1-19-9-10-8-18(6-7-20-10)13-11-4-2-3-5-12(11)16-14(15)17-13/h10H,2-9H2,1H3,(H2,15,16,17). The van der Waals surface area contributed by atoms with Crippen LogP contribution in [0.5, 0.6) is 0 Å². The molecule has 1 aliphatic heterocycles. The number of aromatic nitrogens is 2. The number of aryl methyl sites for hydroxylation is 1. The van der Waals surface area contributed by atoms with Gasteiger partial charge in [-0.05, 0) is 25.7 Å². The van der Waals surface area contributed by atoms with Crippen molar-refractivity contribution in [2.75, 3.05) is 44.0 Å². The van der Waals surface area contributed by atoms with Gasteiger partial charge in [0.1, 0.15) is 5.82 Å². The zero-order chi connectivity index (χ0) is 13.9. The second-order valence-corrected chi connectivity index (χ2v) is 5.43. The summed E-state index contributed by atoms with van der Waals surface area (Å²) in [6.45, 7) is 2.96. The van der Waals surface area contributed by atoms with Crippen molar-refractivity contribution in [1.29, 1.82) is 0 Å². The first-order valence-electron chi connectivity index (χ1n) is 7.28. The van der Waals surface area contributed by atoms with Gasteiger partial charge in [-0.3, -0.25) is 0 Å². The summed E-state index contributed by atoms with van der Waals surface area (Å²) in [5, 5.41) is 0. The number of nitrogens with zero attached hydrogens (tertiary/aromatic N) is 3. The van der Waals surface area contributed by atoms with Gasteiger partial charge in [-0.2, -0.15) is 4.98 Å². The molecular weight excluding hydrogens is 256 g/mol. The van der Waals surface area contributed by atoms with E-state index in [1.54, 1.807) is 7.11 Å². The Balaban J connectivity index is 1.87. The molecule has 3 rings (SSSR count). The largest absolute Gasteiger partial charge is 0.382 e. The van der Waals surface area contributed by atoms with E-state index in [1.807, 2.05) is 0 Å². The van der Waals surface area contributed by atoms with Crippen molar-refractivity contribution in [2.45, 2.75) is 31.8 Å². The lowest BCUT2D eigenvalue weighted by Gasteiger charge is -2.35. The molecule has 1 aliphatic carbocycles. The van der Waals surface area contributed by atoms with Gasteiger partial charge in [0.15, 0.2) is 0 Å². The molecule has 2 N–H and O–H groups in total. The van der Waals surface area contributed by atoms with Crippen LogP contribution in [0, 0.1) is 0 Å². The van der Waals surface area contributed by atoms with Gasteiger partial charge in [0.2, 0.25) is 5.95 Å². The maximum Gasteiger partial charge on any atom is 0.222 e. The Labute approximate surface area is 119 Å². The summed E-state index contributed by atoms with van der Waals surface area (Å²) in [6, 6.07) is 0. The van der Waals surface area contributed by atoms with E-state index in [1.165, 1.54) is 18.4 Å². The first-order valence-corrected chi connectivity index (χ1v) is 7.28. The van der Waals surface area contributed by atoms with Gasteiger partial charge in [0.05, 0.1) is 25.0 Å². The first kappa shape index (κ1) is 13.6. The van der Waals surface area contributed by atoms with Crippen LogP contribution in [0.15, 0.2) is 0 Å². The van der Waals surface area contributed by atoms with E-state index in [0.29, 0.717) is 19.2 Å². The molecule has 0 spiro atoms. The van der Waals surface area contributed by atoms with Crippen LogP contribution in [0.25, 0.3) is 0 Å². The Kier molecular flexibility index (Phi) is 4.03. The summed E-state index contributed by atoms with van der Waals surface area (Å²) < 4.78 is 10.9. The number of morpholine rings is 1. The van der Waals surface area contributed by atoms with Crippen molar-refractivity contribution < 1.29 is 9.47 Å². The average molecular weight is 278 g/mol. The molecule has 110 valence electrons. The molecule has 0 bridgehead atoms. The number of ether oxygens (including phenoxy) is 2. The van der Waals surface area contributed by atoms with Crippen LogP contribution in [0.4, 0.5) is 11.8 Å².